The van der Waals surface area contributed by atoms with Crippen molar-refractivity contribution in [3.05, 3.63) is 55.6 Å². The average Bonchev–Trinajstić information content (AvgIpc) is 3.27. The fourth-order valence-corrected chi connectivity index (χ4v) is 8.17. The van der Waals surface area contributed by atoms with Gasteiger partial charge >= 0.3 is 12.1 Å². The largest absolute Gasteiger partial charge is 0.487 e. The van der Waals surface area contributed by atoms with E-state index in [4.69, 9.17) is 43.8 Å². The second-order valence-electron chi connectivity index (χ2n) is 12.0. The highest BCUT2D eigenvalue weighted by molar-refractivity contribution is 7.89. The number of nitrogens with one attached hydrogen (secondary N) is 2. The van der Waals surface area contributed by atoms with Crippen LogP contribution < -0.4 is 20.5 Å². The Morgan fingerprint density at radius 1 is 1.17 bits per heavy atom. The number of hydrogen-bond acceptors (Lipinski definition) is 7. The summed E-state index contributed by atoms with van der Waals surface area (Å²) < 4.78 is 81.4. The summed E-state index contributed by atoms with van der Waals surface area (Å²) in [6.07, 6.45) is -7.21. The van der Waals surface area contributed by atoms with Crippen molar-refractivity contribution in [2.24, 2.45) is 5.73 Å². The Bertz CT molecular complexity index is 1810. The molecule has 2 aromatic carbocycles. The Morgan fingerprint density at radius 2 is 1.81 bits per heavy atom. The molecular weight excluding hydrogens is 688 g/mol. The highest BCUT2D eigenvalue weighted by atomic mass is 35.5. The summed E-state index contributed by atoms with van der Waals surface area (Å²) in [5, 5.41) is 19.7. The first-order valence-electron chi connectivity index (χ1n) is 14.2. The van der Waals surface area contributed by atoms with Crippen LogP contribution in [0, 0.1) is 26.2 Å². The van der Waals surface area contributed by atoms with Crippen molar-refractivity contribution >= 4 is 57.1 Å². The van der Waals surface area contributed by atoms with Crippen LogP contribution in [0.3, 0.4) is 0 Å². The van der Waals surface area contributed by atoms with Crippen molar-refractivity contribution in [2.75, 3.05) is 6.54 Å². The van der Waals surface area contributed by atoms with Crippen LogP contribution >= 0.6 is 23.2 Å². The molecule has 17 heteroatoms. The monoisotopic (exact) mass is 720 g/mol. The number of nitrogens with zero attached hydrogens (tertiary/aromatic N) is 1. The number of sulfonamides is 1. The van der Waals surface area contributed by atoms with Crippen LogP contribution in [0.4, 0.5) is 13.2 Å². The first-order chi connectivity index (χ1) is 21.6. The van der Waals surface area contributed by atoms with Gasteiger partial charge in [-0.2, -0.15) is 13.2 Å². The van der Waals surface area contributed by atoms with E-state index < -0.39 is 70.3 Å². The molecule has 2 unspecified atom stereocenters. The van der Waals surface area contributed by atoms with Crippen molar-refractivity contribution in [3.63, 3.8) is 0 Å². The minimum Gasteiger partial charge on any atom is -0.487 e. The number of carboxylic acids is 1. The van der Waals surface area contributed by atoms with E-state index in [1.54, 1.807) is 20.8 Å². The molecule has 4 rings (SSSR count). The van der Waals surface area contributed by atoms with Gasteiger partial charge in [-0.25, -0.2) is 17.5 Å². The quantitative estimate of drug-likeness (QED) is 0.200. The van der Waals surface area contributed by atoms with Crippen LogP contribution in [0.25, 0.3) is 6.08 Å². The first-order valence-corrected chi connectivity index (χ1v) is 16.4. The zero-order valence-corrected chi connectivity index (χ0v) is 28.3. The molecule has 5 N–H and O–H groups in total. The topological polar surface area (TPSA) is 172 Å². The van der Waals surface area contributed by atoms with E-state index >= 15 is 0 Å². The minimum absolute atomic E-state index is 0.0233. The molecule has 0 fully saturated rings. The average molecular weight is 722 g/mol. The predicted molar refractivity (Wildman–Crippen MR) is 169 cm³/mol. The zero-order valence-electron chi connectivity index (χ0n) is 25.9. The van der Waals surface area contributed by atoms with Gasteiger partial charge in [0.15, 0.2) is 0 Å². The van der Waals surface area contributed by atoms with Gasteiger partial charge < -0.3 is 25.6 Å². The van der Waals surface area contributed by atoms with E-state index in [-0.39, 0.29) is 32.7 Å². The number of amides is 1. The summed E-state index contributed by atoms with van der Waals surface area (Å²) in [5.74, 6) is -3.56. The number of fused-ring (bicyclic) bond motifs is 2. The highest BCUT2D eigenvalue weighted by Gasteiger charge is 2.49. The van der Waals surface area contributed by atoms with Crippen molar-refractivity contribution < 1.29 is 45.8 Å². The zero-order chi connectivity index (χ0) is 35.4. The van der Waals surface area contributed by atoms with Gasteiger partial charge in [0, 0.05) is 29.1 Å². The number of hydrogen-bond donors (Lipinski definition) is 4. The summed E-state index contributed by atoms with van der Waals surface area (Å²) in [4.78, 5) is 25.1. The SMILES string of the molecule is Cc1c(C)c(S(=O)(=O)N(CCCC(NC(=O)C2=Cc3cc(Cl)cc(Cl)c3OC2C(F)(F)F)C(=O)O)C(=N)N)c(C)c2c1OC(C)(C)C2. The van der Waals surface area contributed by atoms with E-state index in [9.17, 15) is 36.3 Å². The molecule has 2 aromatic rings. The Labute approximate surface area is 279 Å². The molecule has 11 nitrogen and oxygen atoms in total. The number of carbonyl (C=O) groups excluding carboxylic acids is 1. The number of rotatable bonds is 9. The second kappa shape index (κ2) is 12.7. The number of nitrogens with two attached hydrogens (primary N) is 1. The minimum atomic E-state index is -5.08. The summed E-state index contributed by atoms with van der Waals surface area (Å²) in [6, 6.07) is 0.652. The van der Waals surface area contributed by atoms with Crippen molar-refractivity contribution in [1.29, 1.82) is 5.41 Å². The number of aliphatic carboxylic acids is 1. The molecule has 0 aliphatic carbocycles. The third-order valence-corrected chi connectivity index (χ3v) is 10.6. The molecule has 47 heavy (non-hydrogen) atoms. The fraction of sp³-hybridized carbons (Fsp3) is 0.433. The van der Waals surface area contributed by atoms with Gasteiger partial charge in [0.1, 0.15) is 23.1 Å². The number of benzene rings is 2. The van der Waals surface area contributed by atoms with Crippen LogP contribution in [-0.2, 0) is 26.0 Å². The number of guanidine groups is 1. The normalized spacial score (nSPS) is 17.4. The summed E-state index contributed by atoms with van der Waals surface area (Å²) in [5.41, 5.74) is 6.32. The molecule has 2 heterocycles. The maximum atomic E-state index is 13.9. The molecule has 0 saturated carbocycles. The van der Waals surface area contributed by atoms with Crippen LogP contribution in [-0.4, -0.2) is 66.1 Å². The van der Waals surface area contributed by atoms with E-state index in [2.05, 4.69) is 5.32 Å². The molecule has 0 spiro atoms. The maximum absolute atomic E-state index is 13.9. The van der Waals surface area contributed by atoms with Crippen LogP contribution in [0.5, 0.6) is 11.5 Å². The van der Waals surface area contributed by atoms with Crippen LogP contribution in [0.15, 0.2) is 22.6 Å². The number of ether oxygens (including phenoxy) is 2. The molecule has 1 amide bonds. The van der Waals surface area contributed by atoms with Gasteiger partial charge in [0.25, 0.3) is 15.9 Å². The summed E-state index contributed by atoms with van der Waals surface area (Å²) in [7, 11) is -4.44. The van der Waals surface area contributed by atoms with Crippen molar-refractivity contribution in [3.8, 4) is 11.5 Å². The van der Waals surface area contributed by atoms with E-state index in [0.29, 0.717) is 38.7 Å². The number of carboxylic acid groups (broad SMARTS) is 1. The molecule has 0 radical (unpaired) electrons. The number of halogens is 5. The second-order valence-corrected chi connectivity index (χ2v) is 14.6. The highest BCUT2D eigenvalue weighted by Crippen LogP contribution is 2.45. The third kappa shape index (κ3) is 7.11. The predicted octanol–water partition coefficient (Wildman–Crippen LogP) is 5.27. The molecule has 2 atom stereocenters. The van der Waals surface area contributed by atoms with Gasteiger partial charge in [-0.15, -0.1) is 0 Å². The molecule has 2 aliphatic heterocycles. The van der Waals surface area contributed by atoms with Crippen molar-refractivity contribution in [2.45, 2.75) is 82.7 Å². The third-order valence-electron chi connectivity index (χ3n) is 7.99. The maximum Gasteiger partial charge on any atom is 0.429 e. The van der Waals surface area contributed by atoms with E-state index in [1.165, 1.54) is 12.1 Å². The smallest absolute Gasteiger partial charge is 0.429 e. The van der Waals surface area contributed by atoms with Gasteiger partial charge in [0.05, 0.1) is 15.5 Å². The fourth-order valence-electron chi connectivity index (χ4n) is 5.71. The lowest BCUT2D eigenvalue weighted by molar-refractivity contribution is -0.185. The van der Waals surface area contributed by atoms with Crippen LogP contribution in [0.2, 0.25) is 10.0 Å². The lowest BCUT2D eigenvalue weighted by Crippen LogP contribution is -2.48. The van der Waals surface area contributed by atoms with Crippen molar-refractivity contribution in [1.82, 2.24) is 9.62 Å². The van der Waals surface area contributed by atoms with Gasteiger partial charge in [0.2, 0.25) is 12.1 Å². The Morgan fingerprint density at radius 3 is 2.38 bits per heavy atom. The summed E-state index contributed by atoms with van der Waals surface area (Å²) in [6.45, 7) is 8.26. The van der Waals surface area contributed by atoms with Gasteiger partial charge in [-0.05, 0) is 82.4 Å². The molecule has 2 aliphatic rings. The molecule has 0 bridgehead atoms. The Hall–Kier alpha value is -3.69. The van der Waals surface area contributed by atoms with Gasteiger partial charge in [-0.3, -0.25) is 10.2 Å². The standard InChI is InChI=1S/C30H33Cl2F3N4O7S/c1-13-14(2)24(15(3)19-12-29(4,5)46-22(13)19)47(43,44)39(28(36)37)8-6-7-21(27(41)42)38-26(40)18-10-16-9-17(31)11-20(32)23(16)45-25(18)30(33,34)35/h9-11,21,25H,6-8,12H2,1-5H3,(H3,36,37)(H,38,40)(H,41,42). The molecule has 0 saturated heterocycles. The molecule has 0 aromatic heterocycles. The number of carbonyl (C=O) groups is 2. The van der Waals surface area contributed by atoms with E-state index in [0.717, 1.165) is 6.08 Å². The van der Waals surface area contributed by atoms with Crippen LogP contribution in [0.1, 0.15) is 54.5 Å². The molecular formula is C30H33Cl2F3N4O7S. The van der Waals surface area contributed by atoms with Gasteiger partial charge in [-0.1, -0.05) is 23.2 Å². The van der Waals surface area contributed by atoms with E-state index in [1.807, 2.05) is 13.8 Å². The Kier molecular flexibility index (Phi) is 9.79. The molecule has 256 valence electrons. The lowest BCUT2D eigenvalue weighted by Gasteiger charge is -2.29. The Balaban J connectivity index is 1.57. The first kappa shape index (κ1) is 36.2. The summed E-state index contributed by atoms with van der Waals surface area (Å²) >= 11 is 11.9. The number of alkyl halides is 3. The lowest BCUT2D eigenvalue weighted by atomic mass is 9.94.